The van der Waals surface area contributed by atoms with Gasteiger partial charge >= 0.3 is 0 Å². The number of allylic oxidation sites excluding steroid dienone is 1. The topological polar surface area (TPSA) is 97.9 Å². The fraction of sp³-hybridized carbons (Fsp3) is 0.158. The van der Waals surface area contributed by atoms with Crippen molar-refractivity contribution in [3.63, 3.8) is 0 Å². The molecule has 0 radical (unpaired) electrons. The Morgan fingerprint density at radius 3 is 2.63 bits per heavy atom. The third-order valence-corrected chi connectivity index (χ3v) is 4.62. The van der Waals surface area contributed by atoms with Crippen molar-refractivity contribution in [3.8, 4) is 16.9 Å². The predicted molar refractivity (Wildman–Crippen MR) is 105 cm³/mol. The lowest BCUT2D eigenvalue weighted by Gasteiger charge is -2.35. The van der Waals surface area contributed by atoms with Gasteiger partial charge in [-0.2, -0.15) is 5.10 Å². The van der Waals surface area contributed by atoms with Crippen LogP contribution in [0.2, 0.25) is 0 Å². The van der Waals surface area contributed by atoms with Crippen LogP contribution in [0.4, 0.5) is 5.69 Å². The van der Waals surface area contributed by atoms with Gasteiger partial charge in [-0.25, -0.2) is 4.99 Å². The minimum Gasteiger partial charge on any atom is -0.495 e. The fourth-order valence-corrected chi connectivity index (χ4v) is 3.18. The molecular weight excluding hydrogens is 342 g/mol. The number of ether oxygens (including phenoxy) is 1. The van der Waals surface area contributed by atoms with E-state index in [9.17, 15) is 0 Å². The van der Waals surface area contributed by atoms with Crippen LogP contribution in [0.25, 0.3) is 11.1 Å². The van der Waals surface area contributed by atoms with Crippen molar-refractivity contribution in [1.82, 2.24) is 14.7 Å². The van der Waals surface area contributed by atoms with Gasteiger partial charge in [0.1, 0.15) is 11.6 Å². The number of methoxy groups -OCH3 is 1. The number of benzene rings is 1. The number of aryl methyl sites for hydroxylation is 1. The van der Waals surface area contributed by atoms with Crippen molar-refractivity contribution in [3.05, 3.63) is 66.2 Å². The number of nitrogens with two attached hydrogens (primary N) is 2. The van der Waals surface area contributed by atoms with Gasteiger partial charge in [0.25, 0.3) is 0 Å². The Kier molecular flexibility index (Phi) is 3.88. The van der Waals surface area contributed by atoms with E-state index in [1.807, 2.05) is 66.8 Å². The molecule has 138 valence electrons. The van der Waals surface area contributed by atoms with Crippen molar-refractivity contribution < 1.29 is 4.74 Å². The lowest BCUT2D eigenvalue weighted by molar-refractivity contribution is 0.416. The van der Waals surface area contributed by atoms with Gasteiger partial charge < -0.3 is 21.1 Å². The van der Waals surface area contributed by atoms with E-state index in [1.165, 1.54) is 0 Å². The number of aliphatic imine (C=N–C) groups is 1. The average Bonchev–Trinajstić information content (AvgIpc) is 3.11. The second-order valence-electron chi connectivity index (χ2n) is 6.36. The minimum atomic E-state index is 0.327. The van der Waals surface area contributed by atoms with Crippen LogP contribution in [0.15, 0.2) is 71.2 Å². The lowest BCUT2D eigenvalue weighted by Crippen LogP contribution is -2.43. The largest absolute Gasteiger partial charge is 0.495 e. The average molecular weight is 363 g/mol. The Labute approximate surface area is 157 Å². The molecule has 0 atom stereocenters. The van der Waals surface area contributed by atoms with E-state index in [-0.39, 0.29) is 0 Å². The zero-order valence-electron chi connectivity index (χ0n) is 15.4. The molecule has 8 nitrogen and oxygen atoms in total. The third kappa shape index (κ3) is 2.71. The van der Waals surface area contributed by atoms with Gasteiger partial charge in [0.2, 0.25) is 5.96 Å². The molecule has 0 saturated heterocycles. The van der Waals surface area contributed by atoms with Crippen LogP contribution in [0.5, 0.6) is 5.75 Å². The Morgan fingerprint density at radius 1 is 1.11 bits per heavy atom. The third-order valence-electron chi connectivity index (χ3n) is 4.62. The van der Waals surface area contributed by atoms with Crippen LogP contribution in [0.3, 0.4) is 0 Å². The normalized spacial score (nSPS) is 16.3. The molecule has 1 aromatic heterocycles. The summed E-state index contributed by atoms with van der Waals surface area (Å²) in [5.74, 6) is 1.57. The summed E-state index contributed by atoms with van der Waals surface area (Å²) in [6.45, 7) is 0. The van der Waals surface area contributed by atoms with E-state index >= 15 is 0 Å². The lowest BCUT2D eigenvalue weighted by atomic mass is 10.0. The SMILES string of the molecule is COc1cc(-c2cnn(C)c2)ccc1N1C(N)=NC=C2C=CN(C)C(N)=C21. The van der Waals surface area contributed by atoms with E-state index in [4.69, 9.17) is 16.2 Å². The molecule has 8 heteroatoms. The summed E-state index contributed by atoms with van der Waals surface area (Å²) in [6.07, 6.45) is 9.32. The number of hydrogen-bond donors (Lipinski definition) is 2. The second kappa shape index (κ2) is 6.24. The van der Waals surface area contributed by atoms with Gasteiger partial charge in [-0.05, 0) is 23.8 Å². The Balaban J connectivity index is 1.84. The summed E-state index contributed by atoms with van der Waals surface area (Å²) in [7, 11) is 5.40. The molecule has 4 rings (SSSR count). The summed E-state index contributed by atoms with van der Waals surface area (Å²) in [4.78, 5) is 7.98. The molecule has 2 aromatic rings. The number of aromatic nitrogens is 2. The fourth-order valence-electron chi connectivity index (χ4n) is 3.18. The van der Waals surface area contributed by atoms with E-state index in [0.717, 1.165) is 28.1 Å². The van der Waals surface area contributed by atoms with Crippen LogP contribution in [-0.2, 0) is 7.05 Å². The van der Waals surface area contributed by atoms with Crippen molar-refractivity contribution in [2.24, 2.45) is 23.5 Å². The van der Waals surface area contributed by atoms with Gasteiger partial charge in [0.15, 0.2) is 0 Å². The Hall–Kier alpha value is -3.68. The highest BCUT2D eigenvalue weighted by molar-refractivity contribution is 6.02. The van der Waals surface area contributed by atoms with Crippen LogP contribution in [0, 0.1) is 0 Å². The molecule has 3 heterocycles. The molecule has 0 spiro atoms. The maximum Gasteiger partial charge on any atom is 0.205 e. The molecule has 2 aliphatic rings. The summed E-state index contributed by atoms with van der Waals surface area (Å²) < 4.78 is 7.43. The zero-order chi connectivity index (χ0) is 19.1. The molecule has 0 saturated carbocycles. The molecule has 0 unspecified atom stereocenters. The Bertz CT molecular complexity index is 1030. The van der Waals surface area contributed by atoms with Crippen molar-refractivity contribution in [2.75, 3.05) is 19.1 Å². The summed E-state index contributed by atoms with van der Waals surface area (Å²) in [6, 6.07) is 5.90. The molecule has 1 aromatic carbocycles. The van der Waals surface area contributed by atoms with E-state index in [1.54, 1.807) is 18.0 Å². The van der Waals surface area contributed by atoms with Crippen LogP contribution in [0.1, 0.15) is 0 Å². The molecule has 0 bridgehead atoms. The Morgan fingerprint density at radius 2 is 1.93 bits per heavy atom. The zero-order valence-corrected chi connectivity index (χ0v) is 15.4. The molecule has 27 heavy (non-hydrogen) atoms. The summed E-state index contributed by atoms with van der Waals surface area (Å²) >= 11 is 0. The quantitative estimate of drug-likeness (QED) is 0.861. The first-order valence-corrected chi connectivity index (χ1v) is 8.41. The van der Waals surface area contributed by atoms with Gasteiger partial charge in [0, 0.05) is 43.8 Å². The molecular formula is C19H21N7O. The van der Waals surface area contributed by atoms with Gasteiger partial charge in [-0.1, -0.05) is 6.07 Å². The van der Waals surface area contributed by atoms with Gasteiger partial charge in [-0.3, -0.25) is 9.58 Å². The number of anilines is 1. The highest BCUT2D eigenvalue weighted by Crippen LogP contribution is 2.39. The van der Waals surface area contributed by atoms with Crippen LogP contribution < -0.4 is 21.1 Å². The number of guanidine groups is 1. The van der Waals surface area contributed by atoms with Crippen molar-refractivity contribution in [1.29, 1.82) is 0 Å². The van der Waals surface area contributed by atoms with Crippen LogP contribution >= 0.6 is 0 Å². The van der Waals surface area contributed by atoms with Gasteiger partial charge in [0.05, 0.1) is 24.7 Å². The van der Waals surface area contributed by atoms with E-state index in [0.29, 0.717) is 17.5 Å². The first kappa shape index (κ1) is 16.8. The first-order chi connectivity index (χ1) is 13.0. The first-order valence-electron chi connectivity index (χ1n) is 8.41. The smallest absolute Gasteiger partial charge is 0.205 e. The summed E-state index contributed by atoms with van der Waals surface area (Å²) in [5, 5.41) is 4.23. The molecule has 0 aliphatic carbocycles. The number of rotatable bonds is 3. The highest BCUT2D eigenvalue weighted by atomic mass is 16.5. The van der Waals surface area contributed by atoms with Crippen molar-refractivity contribution in [2.45, 2.75) is 0 Å². The standard InChI is InChI=1S/C19H21N7O/c1-24-7-6-13-9-22-19(21)26(17(13)18(24)20)15-5-4-12(8-16(15)27-3)14-10-23-25(2)11-14/h4-11H,20H2,1-3H3,(H2,21,22). The number of fused-ring (bicyclic) bond motifs is 1. The number of hydrogen-bond acceptors (Lipinski definition) is 7. The molecule has 0 fully saturated rings. The predicted octanol–water partition coefficient (Wildman–Crippen LogP) is 1.70. The maximum absolute atomic E-state index is 6.35. The van der Waals surface area contributed by atoms with Crippen LogP contribution in [-0.4, -0.2) is 34.8 Å². The molecule has 4 N–H and O–H groups in total. The van der Waals surface area contributed by atoms with E-state index in [2.05, 4.69) is 10.1 Å². The monoisotopic (exact) mass is 363 g/mol. The molecule has 0 amide bonds. The maximum atomic E-state index is 6.35. The second-order valence-corrected chi connectivity index (χ2v) is 6.36. The van der Waals surface area contributed by atoms with Crippen molar-refractivity contribution >= 4 is 11.6 Å². The van der Waals surface area contributed by atoms with E-state index < -0.39 is 0 Å². The molecule has 2 aliphatic heterocycles. The van der Waals surface area contributed by atoms with Gasteiger partial charge in [-0.15, -0.1) is 0 Å². The number of nitrogens with zero attached hydrogens (tertiary/aromatic N) is 5. The summed E-state index contributed by atoms with van der Waals surface area (Å²) in [5.41, 5.74) is 17.0. The highest BCUT2D eigenvalue weighted by Gasteiger charge is 2.29. The minimum absolute atomic E-state index is 0.327.